The summed E-state index contributed by atoms with van der Waals surface area (Å²) in [5.74, 6) is -1.01. The van der Waals surface area contributed by atoms with Gasteiger partial charge in [0, 0.05) is 26.1 Å². The molecule has 2 rings (SSSR count). The van der Waals surface area contributed by atoms with Crippen molar-refractivity contribution in [1.29, 1.82) is 0 Å². The number of aromatic nitrogens is 2. The first-order valence-electron chi connectivity index (χ1n) is 9.18. The van der Waals surface area contributed by atoms with E-state index in [4.69, 9.17) is 4.74 Å². The Bertz CT molecular complexity index is 859. The van der Waals surface area contributed by atoms with Crippen LogP contribution >= 0.6 is 0 Å². The Morgan fingerprint density at radius 3 is 2.62 bits per heavy atom. The lowest BCUT2D eigenvalue weighted by Gasteiger charge is -2.20. The van der Waals surface area contributed by atoms with Crippen LogP contribution in [0.2, 0.25) is 0 Å². The van der Waals surface area contributed by atoms with Crippen LogP contribution in [0.15, 0.2) is 29.4 Å². The molecule has 0 saturated heterocycles. The third-order valence-corrected chi connectivity index (χ3v) is 3.82. The van der Waals surface area contributed by atoms with Gasteiger partial charge in [-0.15, -0.1) is 0 Å². The highest BCUT2D eigenvalue weighted by Crippen LogP contribution is 2.19. The van der Waals surface area contributed by atoms with Gasteiger partial charge >= 0.3 is 6.01 Å². The molecule has 0 radical (unpaired) electrons. The minimum absolute atomic E-state index is 0.130. The molecule has 0 saturated carbocycles. The molecule has 2 N–H and O–H groups in total. The lowest BCUT2D eigenvalue weighted by Crippen LogP contribution is -2.26. The smallest absolute Gasteiger partial charge is 0.320 e. The molecule has 0 unspecified atom stereocenters. The van der Waals surface area contributed by atoms with Crippen molar-refractivity contribution in [2.24, 2.45) is 5.10 Å². The average Bonchev–Trinajstić information content (AvgIpc) is 2.69. The first-order chi connectivity index (χ1) is 13.9. The first-order valence-corrected chi connectivity index (χ1v) is 9.18. The van der Waals surface area contributed by atoms with Crippen LogP contribution in [0, 0.1) is 11.6 Å². The van der Waals surface area contributed by atoms with Gasteiger partial charge < -0.3 is 15.0 Å². The predicted molar refractivity (Wildman–Crippen MR) is 107 cm³/mol. The summed E-state index contributed by atoms with van der Waals surface area (Å²) in [6.07, 6.45) is 1.35. The Kier molecular flexibility index (Phi) is 8.26. The van der Waals surface area contributed by atoms with Gasteiger partial charge in [-0.3, -0.25) is 10.2 Å². The number of nitrogens with one attached hydrogen (secondary N) is 2. The Morgan fingerprint density at radius 2 is 1.97 bits per heavy atom. The maximum absolute atomic E-state index is 13.3. The molecule has 0 fully saturated rings. The zero-order valence-electron chi connectivity index (χ0n) is 16.6. The summed E-state index contributed by atoms with van der Waals surface area (Å²) in [5, 5.41) is 6.63. The second-order valence-corrected chi connectivity index (χ2v) is 5.94. The van der Waals surface area contributed by atoms with E-state index in [1.54, 1.807) is 6.07 Å². The van der Waals surface area contributed by atoms with E-state index in [0.29, 0.717) is 23.7 Å². The zero-order valence-corrected chi connectivity index (χ0v) is 16.6. The topological polar surface area (TPSA) is 91.7 Å². The normalized spacial score (nSPS) is 10.8. The summed E-state index contributed by atoms with van der Waals surface area (Å²) >= 11 is 0. The highest BCUT2D eigenvalue weighted by atomic mass is 19.2. The molecule has 29 heavy (non-hydrogen) atoms. The van der Waals surface area contributed by atoms with E-state index in [9.17, 15) is 13.6 Å². The number of benzene rings is 1. The van der Waals surface area contributed by atoms with Crippen LogP contribution in [0.3, 0.4) is 0 Å². The molecule has 0 bridgehead atoms. The largest absolute Gasteiger partial charge is 0.461 e. The molecule has 1 aromatic heterocycles. The Labute approximate surface area is 168 Å². The fourth-order valence-electron chi connectivity index (χ4n) is 2.38. The minimum Gasteiger partial charge on any atom is -0.461 e. The van der Waals surface area contributed by atoms with Crippen LogP contribution in [0.4, 0.5) is 20.4 Å². The van der Waals surface area contributed by atoms with E-state index in [2.05, 4.69) is 25.8 Å². The molecule has 1 heterocycles. The summed E-state index contributed by atoms with van der Waals surface area (Å²) in [4.78, 5) is 21.5. The maximum Gasteiger partial charge on any atom is 0.320 e. The van der Waals surface area contributed by atoms with Gasteiger partial charge in [0.2, 0.25) is 5.91 Å². The molecule has 156 valence electrons. The number of ether oxygens (including phenoxy) is 1. The van der Waals surface area contributed by atoms with Gasteiger partial charge in [-0.1, -0.05) is 6.07 Å². The second kappa shape index (κ2) is 10.9. The number of anilines is 2. The molecule has 0 spiro atoms. The number of amides is 1. The molecule has 2 aromatic rings. The molecule has 1 aromatic carbocycles. The predicted octanol–water partition coefficient (Wildman–Crippen LogP) is 2.56. The van der Waals surface area contributed by atoms with Crippen molar-refractivity contribution in [3.05, 3.63) is 41.5 Å². The second-order valence-electron chi connectivity index (χ2n) is 5.94. The van der Waals surface area contributed by atoms with E-state index < -0.39 is 11.6 Å². The third kappa shape index (κ3) is 6.98. The Balaban J connectivity index is 2.14. The summed E-state index contributed by atoms with van der Waals surface area (Å²) < 4.78 is 31.8. The highest BCUT2D eigenvalue weighted by Gasteiger charge is 2.10. The van der Waals surface area contributed by atoms with Crippen LogP contribution in [-0.2, 0) is 4.79 Å². The maximum atomic E-state index is 13.3. The summed E-state index contributed by atoms with van der Waals surface area (Å²) in [5.41, 5.74) is 3.14. The van der Waals surface area contributed by atoms with Crippen molar-refractivity contribution < 1.29 is 18.3 Å². The lowest BCUT2D eigenvalue weighted by molar-refractivity contribution is -0.119. The van der Waals surface area contributed by atoms with Crippen LogP contribution in [0.25, 0.3) is 0 Å². The number of nitrogens with zero attached hydrogens (tertiary/aromatic N) is 4. The monoisotopic (exact) mass is 406 g/mol. The number of halogens is 2. The Morgan fingerprint density at radius 1 is 1.21 bits per heavy atom. The number of hydrazone groups is 1. The van der Waals surface area contributed by atoms with Gasteiger partial charge in [-0.05, 0) is 31.5 Å². The van der Waals surface area contributed by atoms with Gasteiger partial charge in [0.25, 0.3) is 0 Å². The molecule has 0 aliphatic heterocycles. The molecular weight excluding hydrogens is 382 g/mol. The quantitative estimate of drug-likeness (QED) is 0.358. The molecule has 1 amide bonds. The molecule has 10 heteroatoms. The molecular formula is C19H24F2N6O2. The summed E-state index contributed by atoms with van der Waals surface area (Å²) in [6, 6.07) is 5.31. The van der Waals surface area contributed by atoms with Gasteiger partial charge in [0.15, 0.2) is 17.5 Å². The van der Waals surface area contributed by atoms with E-state index in [-0.39, 0.29) is 18.5 Å². The van der Waals surface area contributed by atoms with Crippen molar-refractivity contribution in [3.63, 3.8) is 0 Å². The Hall–Kier alpha value is -3.30. The fraction of sp³-hybridized carbons (Fsp3) is 0.368. The van der Waals surface area contributed by atoms with Crippen LogP contribution in [0.1, 0.15) is 26.3 Å². The van der Waals surface area contributed by atoms with Crippen molar-refractivity contribution in [3.8, 4) is 6.01 Å². The molecule has 8 nitrogen and oxygen atoms in total. The van der Waals surface area contributed by atoms with E-state index in [0.717, 1.165) is 25.2 Å². The van der Waals surface area contributed by atoms with Crippen molar-refractivity contribution >= 4 is 23.8 Å². The number of hydrogen-bond donors (Lipinski definition) is 2. The van der Waals surface area contributed by atoms with E-state index >= 15 is 0 Å². The zero-order chi connectivity index (χ0) is 21.2. The fourth-order valence-corrected chi connectivity index (χ4v) is 2.38. The third-order valence-electron chi connectivity index (χ3n) is 3.82. The lowest BCUT2D eigenvalue weighted by atomic mass is 10.2. The summed E-state index contributed by atoms with van der Waals surface area (Å²) in [7, 11) is 0. The number of rotatable bonds is 10. The van der Waals surface area contributed by atoms with Crippen molar-refractivity contribution in [2.75, 3.05) is 36.6 Å². The molecule has 0 atom stereocenters. The highest BCUT2D eigenvalue weighted by molar-refractivity contribution is 5.80. The van der Waals surface area contributed by atoms with Crippen molar-refractivity contribution in [1.82, 2.24) is 15.3 Å². The standard InChI is InChI=1S/C19H24F2N6O2/c1-4-27(5-2)18-11-17(24-19(25-18)29-9-8-22-13(3)28)26-23-12-14-6-7-15(20)16(21)10-14/h6-7,10-12H,4-5,8-9H2,1-3H3,(H,22,28)(H,24,25,26). The van der Waals surface area contributed by atoms with E-state index in [1.165, 1.54) is 19.2 Å². The van der Waals surface area contributed by atoms with Gasteiger partial charge in [-0.25, -0.2) is 8.78 Å². The van der Waals surface area contributed by atoms with Crippen LogP contribution in [-0.4, -0.2) is 48.3 Å². The number of carbonyl (C=O) groups is 1. The summed E-state index contributed by atoms with van der Waals surface area (Å²) in [6.45, 7) is 7.41. The average molecular weight is 406 g/mol. The van der Waals surface area contributed by atoms with Gasteiger partial charge in [0.1, 0.15) is 12.4 Å². The number of hydrogen-bond acceptors (Lipinski definition) is 7. The van der Waals surface area contributed by atoms with Crippen LogP contribution in [0.5, 0.6) is 6.01 Å². The van der Waals surface area contributed by atoms with Crippen molar-refractivity contribution in [2.45, 2.75) is 20.8 Å². The van der Waals surface area contributed by atoms with Gasteiger partial charge in [0.05, 0.1) is 12.8 Å². The van der Waals surface area contributed by atoms with E-state index in [1.807, 2.05) is 18.7 Å². The van der Waals surface area contributed by atoms with Gasteiger partial charge in [-0.2, -0.15) is 15.1 Å². The minimum atomic E-state index is -0.949. The SMILES string of the molecule is CCN(CC)c1cc(NN=Cc2ccc(F)c(F)c2)nc(OCCNC(C)=O)n1. The van der Waals surface area contributed by atoms with Crippen LogP contribution < -0.4 is 20.4 Å². The molecule has 0 aliphatic rings. The number of carbonyl (C=O) groups excluding carboxylic acids is 1. The molecule has 0 aliphatic carbocycles. The first kappa shape index (κ1) is 22.0.